The average molecular weight is 1000 g/mol. The average Bonchev–Trinajstić information content (AvgIpc) is 3.72. The summed E-state index contributed by atoms with van der Waals surface area (Å²) in [5.74, 6) is 1.30. The molecule has 2 fully saturated rings. The Kier molecular flexibility index (Phi) is 16.1. The highest BCUT2D eigenvalue weighted by molar-refractivity contribution is 6.31. The van der Waals surface area contributed by atoms with Gasteiger partial charge in [-0.3, -0.25) is 29.5 Å². The summed E-state index contributed by atoms with van der Waals surface area (Å²) in [5.41, 5.74) is 17.4. The number of nitrogens with two attached hydrogens (primary N) is 2. The number of fused-ring (bicyclic) bond motifs is 1. The number of aromatic nitrogens is 2. The summed E-state index contributed by atoms with van der Waals surface area (Å²) in [6.45, 7) is 7.86. The van der Waals surface area contributed by atoms with Gasteiger partial charge in [-0.15, -0.1) is 0 Å². The number of para-hydroxylation sites is 1. The zero-order chi connectivity index (χ0) is 51.6. The second-order valence-corrected chi connectivity index (χ2v) is 18.2. The molecule has 374 valence electrons. The minimum absolute atomic E-state index is 0.0657. The van der Waals surface area contributed by atoms with Crippen molar-refractivity contribution in [2.75, 3.05) is 36.5 Å². The minimum atomic E-state index is -0.771. The quantitative estimate of drug-likeness (QED) is 0.0394. The number of likely N-dealkylation sites (tertiary alicyclic amines) is 2. The highest BCUT2D eigenvalue weighted by Crippen LogP contribution is 2.31. The van der Waals surface area contributed by atoms with Crippen LogP contribution in [0, 0.1) is 12.3 Å². The first-order chi connectivity index (χ1) is 35.2. The number of benzene rings is 5. The monoisotopic (exact) mass is 1000 g/mol. The molecule has 9 rings (SSSR count). The largest absolute Gasteiger partial charge is 0.489 e. The number of nitrogen functional groups attached to an aromatic ring is 2. The lowest BCUT2D eigenvalue weighted by Crippen LogP contribution is -2.54. The van der Waals surface area contributed by atoms with Crippen molar-refractivity contribution in [1.29, 1.82) is 5.41 Å². The molecule has 0 radical (unpaired) electrons. The summed E-state index contributed by atoms with van der Waals surface area (Å²) >= 11 is 6.15. The molecule has 0 spiro atoms. The Bertz CT molecular complexity index is 3040. The molecule has 1 aromatic heterocycles. The number of rotatable bonds is 14. The Morgan fingerprint density at radius 1 is 0.836 bits per heavy atom. The molecule has 4 heterocycles. The Hall–Kier alpha value is -8.57. The van der Waals surface area contributed by atoms with Crippen LogP contribution in [0.25, 0.3) is 0 Å². The van der Waals surface area contributed by atoms with Gasteiger partial charge < -0.3 is 41.4 Å². The molecule has 2 saturated heterocycles. The molecule has 18 heteroatoms. The van der Waals surface area contributed by atoms with Gasteiger partial charge in [-0.05, 0) is 122 Å². The molecule has 0 saturated carbocycles. The summed E-state index contributed by atoms with van der Waals surface area (Å²) in [6, 6.07) is 33.1. The van der Waals surface area contributed by atoms with Crippen LogP contribution in [0.5, 0.6) is 17.2 Å². The summed E-state index contributed by atoms with van der Waals surface area (Å²) in [4.78, 5) is 77.5. The second-order valence-electron chi connectivity index (χ2n) is 17.8. The van der Waals surface area contributed by atoms with Gasteiger partial charge in [0.05, 0.1) is 17.8 Å². The number of hydrogen-bond donors (Lipinski definition) is 5. The fraction of sp³-hybridized carbons (Fsp3) is 0.236. The van der Waals surface area contributed by atoms with Crippen LogP contribution in [0.15, 0.2) is 134 Å². The smallest absolute Gasteiger partial charge is 0.319 e. The van der Waals surface area contributed by atoms with Gasteiger partial charge in [-0.1, -0.05) is 66.7 Å². The van der Waals surface area contributed by atoms with E-state index >= 15 is 0 Å². The highest BCUT2D eigenvalue weighted by atomic mass is 35.5. The fourth-order valence-corrected chi connectivity index (χ4v) is 8.80. The number of piperidine rings is 2. The van der Waals surface area contributed by atoms with Gasteiger partial charge in [0.2, 0.25) is 5.91 Å². The van der Waals surface area contributed by atoms with E-state index in [9.17, 15) is 24.0 Å². The molecule has 7 N–H and O–H groups in total. The number of carbonyl (C=O) groups excluding carboxylic acids is 5. The maximum absolute atomic E-state index is 13.7. The third-order valence-corrected chi connectivity index (χ3v) is 13.1. The van der Waals surface area contributed by atoms with E-state index in [1.54, 1.807) is 72.8 Å². The number of amides is 6. The van der Waals surface area contributed by atoms with Crippen molar-refractivity contribution in [1.82, 2.24) is 30.0 Å². The number of urea groups is 1. The van der Waals surface area contributed by atoms with Crippen LogP contribution in [-0.4, -0.2) is 85.8 Å². The summed E-state index contributed by atoms with van der Waals surface area (Å²) in [7, 11) is 0. The number of hydrogen-bond acceptors (Lipinski definition) is 12. The predicted molar refractivity (Wildman–Crippen MR) is 278 cm³/mol. The maximum Gasteiger partial charge on any atom is 0.319 e. The van der Waals surface area contributed by atoms with Crippen molar-refractivity contribution in [3.05, 3.63) is 178 Å². The molecule has 73 heavy (non-hydrogen) atoms. The van der Waals surface area contributed by atoms with E-state index in [1.807, 2.05) is 54.3 Å². The first-order valence-electron chi connectivity index (χ1n) is 23.8. The molecular formula is C55H55ClN10O7. The number of anilines is 3. The molecule has 0 bridgehead atoms. The fourth-order valence-electron chi connectivity index (χ4n) is 8.62. The number of halogens is 1. The van der Waals surface area contributed by atoms with Crippen LogP contribution in [0.1, 0.15) is 75.8 Å². The third-order valence-electron chi connectivity index (χ3n) is 12.6. The van der Waals surface area contributed by atoms with Crippen molar-refractivity contribution >= 4 is 64.3 Å². The van der Waals surface area contributed by atoms with Gasteiger partial charge in [0.15, 0.2) is 0 Å². The number of carbonyl (C=O) groups is 5. The van der Waals surface area contributed by atoms with Crippen molar-refractivity contribution in [2.24, 2.45) is 0 Å². The first kappa shape index (κ1) is 50.8. The third kappa shape index (κ3) is 12.5. The highest BCUT2D eigenvalue weighted by Gasteiger charge is 2.42. The molecule has 6 amide bonds. The topological polar surface area (TPSA) is 239 Å². The second kappa shape index (κ2) is 23.1. The number of nitrogens with one attached hydrogen (secondary N) is 3. The van der Waals surface area contributed by atoms with Gasteiger partial charge in [0.1, 0.15) is 47.9 Å². The summed E-state index contributed by atoms with van der Waals surface area (Å²) in [6.07, 6.45) is 4.80. The number of aryl methyl sites for hydroxylation is 1. The number of nitrogens with zero attached hydrogens (tertiary/aromatic N) is 5. The van der Waals surface area contributed by atoms with Crippen LogP contribution in [0.3, 0.4) is 0 Å². The number of ether oxygens (including phenoxy) is 2. The molecule has 3 aliphatic rings. The van der Waals surface area contributed by atoms with Gasteiger partial charge in [-0.25, -0.2) is 14.8 Å². The molecule has 17 nitrogen and oxygen atoms in total. The van der Waals surface area contributed by atoms with E-state index < -0.39 is 18.0 Å². The molecule has 3 aliphatic heterocycles. The zero-order valence-electron chi connectivity index (χ0n) is 40.2. The van der Waals surface area contributed by atoms with Crippen LogP contribution in [0.4, 0.5) is 22.1 Å². The molecule has 1 unspecified atom stereocenters. The van der Waals surface area contributed by atoms with Crippen LogP contribution in [0.2, 0.25) is 5.02 Å². The van der Waals surface area contributed by atoms with Gasteiger partial charge in [0, 0.05) is 60.0 Å². The SMILES string of the molecule is C=C(COc1ccc(CN2C(=O)CCC(N3Cc4cc(CNC(=O)Nc5ccc(C)c(Cl)c5)ccc4C3=O)C2=O)cc1)C(=O)N1CCCCC1.N=C(c1ccc(Oc2ccccc2)cc1)c1c(N)ncnc1N. The lowest BCUT2D eigenvalue weighted by Gasteiger charge is -2.35. The van der Waals surface area contributed by atoms with Gasteiger partial charge in [0.25, 0.3) is 17.7 Å². The molecular weight excluding hydrogens is 948 g/mol. The molecule has 0 aliphatic carbocycles. The van der Waals surface area contributed by atoms with E-state index in [4.69, 9.17) is 38.0 Å². The van der Waals surface area contributed by atoms with Crippen molar-refractivity contribution in [3.63, 3.8) is 0 Å². The molecule has 6 aromatic rings. The molecule has 5 aromatic carbocycles. The Balaban J connectivity index is 0.000000257. The first-order valence-corrected chi connectivity index (χ1v) is 24.1. The van der Waals surface area contributed by atoms with Crippen molar-refractivity contribution < 1.29 is 33.4 Å². The van der Waals surface area contributed by atoms with E-state index in [0.29, 0.717) is 44.5 Å². The lowest BCUT2D eigenvalue weighted by molar-refractivity contribution is -0.153. The van der Waals surface area contributed by atoms with Gasteiger partial charge >= 0.3 is 6.03 Å². The van der Waals surface area contributed by atoms with E-state index in [2.05, 4.69) is 27.2 Å². The van der Waals surface area contributed by atoms with E-state index in [0.717, 1.165) is 60.4 Å². The summed E-state index contributed by atoms with van der Waals surface area (Å²) < 4.78 is 11.5. The normalized spacial score (nSPS) is 15.2. The minimum Gasteiger partial charge on any atom is -0.489 e. The number of imide groups is 1. The Morgan fingerprint density at radius 2 is 1.51 bits per heavy atom. The van der Waals surface area contributed by atoms with Gasteiger partial charge in [-0.2, -0.15) is 0 Å². The van der Waals surface area contributed by atoms with Crippen molar-refractivity contribution in [3.8, 4) is 17.2 Å². The van der Waals surface area contributed by atoms with E-state index in [1.165, 1.54) is 16.1 Å². The lowest BCUT2D eigenvalue weighted by atomic mass is 10.0. The van der Waals surface area contributed by atoms with Crippen LogP contribution < -0.4 is 31.6 Å². The summed E-state index contributed by atoms with van der Waals surface area (Å²) in [5, 5.41) is 14.4. The van der Waals surface area contributed by atoms with E-state index in [-0.39, 0.29) is 74.2 Å². The Labute approximate surface area is 427 Å². The van der Waals surface area contributed by atoms with Crippen LogP contribution in [-0.2, 0) is 34.0 Å². The predicted octanol–water partition coefficient (Wildman–Crippen LogP) is 8.44. The molecule has 1 atom stereocenters. The standard InChI is InChI=1S/C38H40ClN5O6.C17H15N5O/c1-24-6-10-29(19-32(24)39)41-38(49)40-20-27-9-13-31-28(18-27)22-43(36(31)47)33-14-15-34(45)44(37(33)48)21-26-7-11-30(12-8-26)50-23-25(2)35(46)42-16-4-3-5-17-42;18-15(14-16(19)21-10-22-17(14)20)11-6-8-13(9-7-11)23-12-4-2-1-3-5-12/h6-13,18-19,33H,2-5,14-17,20-23H2,1H3,(H2,40,41,49);1-10,18H,(H4,19,20,21,22). The Morgan fingerprint density at radius 3 is 2.21 bits per heavy atom. The van der Waals surface area contributed by atoms with Crippen LogP contribution >= 0.6 is 11.6 Å². The maximum atomic E-state index is 13.7. The zero-order valence-corrected chi connectivity index (χ0v) is 41.0. The van der Waals surface area contributed by atoms with Crippen molar-refractivity contribution in [2.45, 2.75) is 64.7 Å².